The number of carbonyl (C=O) groups is 4. The fourth-order valence-corrected chi connectivity index (χ4v) is 3.50. The molecule has 0 aliphatic carbocycles. The Hall–Kier alpha value is -3.01. The average Bonchev–Trinajstić information content (AvgIpc) is 3.03. The van der Waals surface area contributed by atoms with E-state index in [0.29, 0.717) is 23.7 Å². The van der Waals surface area contributed by atoms with Gasteiger partial charge in [0, 0.05) is 12.2 Å². The van der Waals surface area contributed by atoms with E-state index in [0.717, 1.165) is 0 Å². The average molecular weight is 451 g/mol. The monoisotopic (exact) mass is 450 g/mol. The molecule has 0 unspecified atom stereocenters. The van der Waals surface area contributed by atoms with Crippen LogP contribution in [0.4, 0.5) is 10.5 Å². The van der Waals surface area contributed by atoms with Crippen LogP contribution in [0.25, 0.3) is 0 Å². The van der Waals surface area contributed by atoms with E-state index in [1.54, 1.807) is 39.0 Å². The van der Waals surface area contributed by atoms with Crippen molar-refractivity contribution >= 4 is 41.4 Å². The van der Waals surface area contributed by atoms with Gasteiger partial charge < -0.3 is 19.1 Å². The highest BCUT2D eigenvalue weighted by atomic mass is 32.2. The maximum atomic E-state index is 12.3. The number of nitrogens with one attached hydrogen (secondary N) is 1. The SMILES string of the molecule is COC(=O)C=C1SCC(=O)N1CCCOC(=O)c1cccc(NC(=O)OC(C)(C)C)c1. The van der Waals surface area contributed by atoms with Crippen LogP contribution < -0.4 is 5.32 Å². The number of rotatable bonds is 7. The van der Waals surface area contributed by atoms with Crippen molar-refractivity contribution in [2.24, 2.45) is 0 Å². The Morgan fingerprint density at radius 1 is 1.26 bits per heavy atom. The Balaban J connectivity index is 1.85. The summed E-state index contributed by atoms with van der Waals surface area (Å²) >= 11 is 1.26. The van der Waals surface area contributed by atoms with E-state index in [2.05, 4.69) is 10.1 Å². The molecule has 0 atom stereocenters. The highest BCUT2D eigenvalue weighted by Gasteiger charge is 2.27. The molecule has 0 spiro atoms. The van der Waals surface area contributed by atoms with Crippen molar-refractivity contribution in [1.29, 1.82) is 0 Å². The minimum atomic E-state index is -0.637. The number of ether oxygens (including phenoxy) is 3. The zero-order valence-corrected chi connectivity index (χ0v) is 18.7. The van der Waals surface area contributed by atoms with Gasteiger partial charge in [-0.3, -0.25) is 10.1 Å². The lowest BCUT2D eigenvalue weighted by Crippen LogP contribution is -2.27. The summed E-state index contributed by atoms with van der Waals surface area (Å²) in [4.78, 5) is 49.0. The number of carbonyl (C=O) groups excluding carboxylic acids is 4. The van der Waals surface area contributed by atoms with Gasteiger partial charge in [-0.05, 0) is 45.4 Å². The number of hydrogen-bond donors (Lipinski definition) is 1. The minimum absolute atomic E-state index is 0.0858. The molecule has 1 aliphatic heterocycles. The van der Waals surface area contributed by atoms with Gasteiger partial charge in [0.2, 0.25) is 5.91 Å². The number of hydrogen-bond acceptors (Lipinski definition) is 8. The number of benzene rings is 1. The molecule has 0 radical (unpaired) electrons. The zero-order valence-electron chi connectivity index (χ0n) is 17.9. The second-order valence-electron chi connectivity index (χ2n) is 7.54. The first-order valence-electron chi connectivity index (χ1n) is 9.59. The van der Waals surface area contributed by atoms with E-state index < -0.39 is 23.6 Å². The molecule has 1 saturated heterocycles. The molecular formula is C21H26N2O7S. The molecule has 1 N–H and O–H groups in total. The summed E-state index contributed by atoms with van der Waals surface area (Å²) in [7, 11) is 1.27. The predicted octanol–water partition coefficient (Wildman–Crippen LogP) is 3.17. The van der Waals surface area contributed by atoms with Crippen LogP contribution in [-0.4, -0.2) is 60.5 Å². The number of nitrogens with zero attached hydrogens (tertiary/aromatic N) is 1. The maximum Gasteiger partial charge on any atom is 0.412 e. The Kier molecular flexibility index (Phi) is 8.49. The Morgan fingerprint density at radius 2 is 2.00 bits per heavy atom. The quantitative estimate of drug-likeness (QED) is 0.292. The highest BCUT2D eigenvalue weighted by Crippen LogP contribution is 2.28. The van der Waals surface area contributed by atoms with Crippen LogP contribution in [-0.2, 0) is 23.8 Å². The van der Waals surface area contributed by atoms with E-state index in [1.807, 2.05) is 0 Å². The summed E-state index contributed by atoms with van der Waals surface area (Å²) in [6.45, 7) is 5.65. The van der Waals surface area contributed by atoms with Gasteiger partial charge in [-0.2, -0.15) is 0 Å². The van der Waals surface area contributed by atoms with Crippen LogP contribution in [0.3, 0.4) is 0 Å². The molecule has 0 aromatic heterocycles. The summed E-state index contributed by atoms with van der Waals surface area (Å²) in [6, 6.07) is 6.31. The maximum absolute atomic E-state index is 12.3. The second-order valence-corrected chi connectivity index (χ2v) is 8.53. The number of esters is 2. The van der Waals surface area contributed by atoms with Crippen LogP contribution in [0.5, 0.6) is 0 Å². The van der Waals surface area contributed by atoms with Gasteiger partial charge in [-0.15, -0.1) is 0 Å². The van der Waals surface area contributed by atoms with Crippen molar-refractivity contribution in [3.63, 3.8) is 0 Å². The molecule has 1 aromatic rings. The lowest BCUT2D eigenvalue weighted by molar-refractivity contribution is -0.134. The van der Waals surface area contributed by atoms with E-state index in [9.17, 15) is 19.2 Å². The second kappa shape index (κ2) is 10.9. The molecule has 1 aliphatic rings. The Labute approximate surface area is 185 Å². The number of amides is 2. The summed E-state index contributed by atoms with van der Waals surface area (Å²) < 4.78 is 15.0. The van der Waals surface area contributed by atoms with Gasteiger partial charge in [-0.25, -0.2) is 14.4 Å². The summed E-state index contributed by atoms with van der Waals surface area (Å²) in [5.74, 6) is -0.957. The molecule has 168 valence electrons. The fraction of sp³-hybridized carbons (Fsp3) is 0.429. The van der Waals surface area contributed by atoms with E-state index in [1.165, 1.54) is 35.9 Å². The first kappa shape index (κ1) is 24.3. The van der Waals surface area contributed by atoms with Crippen LogP contribution in [0.2, 0.25) is 0 Å². The van der Waals surface area contributed by atoms with Gasteiger partial charge in [0.15, 0.2) is 0 Å². The fourth-order valence-electron chi connectivity index (χ4n) is 2.54. The van der Waals surface area contributed by atoms with Crippen LogP contribution in [0, 0.1) is 0 Å². The van der Waals surface area contributed by atoms with Crippen LogP contribution in [0.1, 0.15) is 37.6 Å². The first-order chi connectivity index (χ1) is 14.6. The summed E-state index contributed by atoms with van der Waals surface area (Å²) in [5, 5.41) is 3.09. The molecule has 2 amide bonds. The number of thioether (sulfide) groups is 1. The molecule has 31 heavy (non-hydrogen) atoms. The van der Waals surface area contributed by atoms with E-state index in [4.69, 9.17) is 9.47 Å². The third kappa shape index (κ3) is 7.97. The van der Waals surface area contributed by atoms with Crippen LogP contribution in [0.15, 0.2) is 35.4 Å². The Morgan fingerprint density at radius 3 is 2.68 bits per heavy atom. The molecule has 10 heteroatoms. The molecule has 1 aromatic carbocycles. The first-order valence-corrected chi connectivity index (χ1v) is 10.6. The van der Waals surface area contributed by atoms with Gasteiger partial charge >= 0.3 is 18.0 Å². The van der Waals surface area contributed by atoms with Crippen molar-refractivity contribution in [2.45, 2.75) is 32.8 Å². The largest absolute Gasteiger partial charge is 0.466 e. The molecule has 0 saturated carbocycles. The standard InChI is InChI=1S/C21H26N2O7S/c1-21(2,3)30-20(27)22-15-8-5-7-14(11-15)19(26)29-10-6-9-23-16(24)13-31-17(23)12-18(25)28-4/h5,7-8,11-12H,6,9-10,13H2,1-4H3,(H,22,27). The third-order valence-corrected chi connectivity index (χ3v) is 4.88. The summed E-state index contributed by atoms with van der Waals surface area (Å²) in [5.41, 5.74) is 0.0375. The van der Waals surface area contributed by atoms with Crippen LogP contribution >= 0.6 is 11.8 Å². The van der Waals surface area contributed by atoms with E-state index in [-0.39, 0.29) is 23.8 Å². The van der Waals surface area contributed by atoms with Gasteiger partial charge in [0.05, 0.1) is 36.1 Å². The summed E-state index contributed by atoms with van der Waals surface area (Å²) in [6.07, 6.45) is 1.04. The minimum Gasteiger partial charge on any atom is -0.466 e. The Bertz CT molecular complexity index is 877. The molecule has 1 fully saturated rings. The predicted molar refractivity (Wildman–Crippen MR) is 115 cm³/mol. The molecular weight excluding hydrogens is 424 g/mol. The van der Waals surface area contributed by atoms with Gasteiger partial charge in [-0.1, -0.05) is 17.8 Å². The zero-order chi connectivity index (χ0) is 23.0. The highest BCUT2D eigenvalue weighted by molar-refractivity contribution is 8.04. The van der Waals surface area contributed by atoms with Crippen molar-refractivity contribution in [3.05, 3.63) is 40.9 Å². The lowest BCUT2D eigenvalue weighted by atomic mass is 10.2. The number of methoxy groups -OCH3 is 1. The molecule has 2 rings (SSSR count). The van der Waals surface area contributed by atoms with Gasteiger partial charge in [0.1, 0.15) is 5.60 Å². The van der Waals surface area contributed by atoms with Gasteiger partial charge in [0.25, 0.3) is 0 Å². The third-order valence-electron chi connectivity index (χ3n) is 3.86. The topological polar surface area (TPSA) is 111 Å². The van der Waals surface area contributed by atoms with Crippen molar-refractivity contribution in [3.8, 4) is 0 Å². The lowest BCUT2D eigenvalue weighted by Gasteiger charge is -2.19. The van der Waals surface area contributed by atoms with Crippen molar-refractivity contribution in [2.75, 3.05) is 31.3 Å². The van der Waals surface area contributed by atoms with E-state index >= 15 is 0 Å². The smallest absolute Gasteiger partial charge is 0.412 e. The molecule has 0 bridgehead atoms. The molecule has 9 nitrogen and oxygen atoms in total. The number of anilines is 1. The molecule has 1 heterocycles. The normalized spacial score (nSPS) is 15.0. The van der Waals surface area contributed by atoms with Crippen molar-refractivity contribution < 1.29 is 33.4 Å². The van der Waals surface area contributed by atoms with Crippen molar-refractivity contribution in [1.82, 2.24) is 4.90 Å².